The molecule has 0 radical (unpaired) electrons. The van der Waals surface area contributed by atoms with Crippen LogP contribution in [0.25, 0.3) is 0 Å². The summed E-state index contributed by atoms with van der Waals surface area (Å²) in [4.78, 5) is 26.8. The van der Waals surface area contributed by atoms with E-state index in [2.05, 4.69) is 5.32 Å². The van der Waals surface area contributed by atoms with Crippen LogP contribution in [-0.2, 0) is 9.59 Å². The molecule has 1 aliphatic carbocycles. The summed E-state index contributed by atoms with van der Waals surface area (Å²) in [6.45, 7) is 1.07. The molecule has 2 aliphatic rings. The number of amides is 2. The second-order valence-electron chi connectivity index (χ2n) is 7.86. The maximum Gasteiger partial charge on any atom is 0.265 e. The van der Waals surface area contributed by atoms with E-state index in [1.54, 1.807) is 4.90 Å². The molecule has 2 aromatic carbocycles. The highest BCUT2D eigenvalue weighted by atomic mass is 16.5. The van der Waals surface area contributed by atoms with Crippen LogP contribution >= 0.6 is 0 Å². The number of carbonyl (C=O) groups is 2. The molecular formula is C24H28N2O4. The molecular weight excluding hydrogens is 380 g/mol. The number of nitrogens with zero attached hydrogens (tertiary/aromatic N) is 1. The predicted octanol–water partition coefficient (Wildman–Crippen LogP) is 4.40. The first-order valence-corrected chi connectivity index (χ1v) is 10.8. The van der Waals surface area contributed by atoms with E-state index >= 15 is 0 Å². The third-order valence-corrected chi connectivity index (χ3v) is 5.68. The Morgan fingerprint density at radius 3 is 2.70 bits per heavy atom. The maximum atomic E-state index is 12.6. The van der Waals surface area contributed by atoms with Gasteiger partial charge in [-0.1, -0.05) is 37.5 Å². The van der Waals surface area contributed by atoms with Gasteiger partial charge in [0.1, 0.15) is 11.5 Å². The highest BCUT2D eigenvalue weighted by Crippen LogP contribution is 2.35. The zero-order valence-corrected chi connectivity index (χ0v) is 17.1. The number of carbonyl (C=O) groups excluding carboxylic acids is 2. The summed E-state index contributed by atoms with van der Waals surface area (Å²) in [5.74, 6) is 1.55. The van der Waals surface area contributed by atoms with E-state index in [4.69, 9.17) is 9.47 Å². The van der Waals surface area contributed by atoms with E-state index in [0.717, 1.165) is 31.4 Å². The minimum absolute atomic E-state index is 0.0281. The van der Waals surface area contributed by atoms with Gasteiger partial charge >= 0.3 is 0 Å². The van der Waals surface area contributed by atoms with Crippen LogP contribution in [0.4, 0.5) is 11.4 Å². The molecule has 1 saturated carbocycles. The van der Waals surface area contributed by atoms with Crippen molar-refractivity contribution in [3.8, 4) is 11.5 Å². The van der Waals surface area contributed by atoms with Crippen molar-refractivity contribution in [2.75, 3.05) is 30.0 Å². The zero-order chi connectivity index (χ0) is 20.8. The summed E-state index contributed by atoms with van der Waals surface area (Å²) in [5.41, 5.74) is 1.40. The van der Waals surface area contributed by atoms with Crippen molar-refractivity contribution in [3.05, 3.63) is 48.5 Å². The fourth-order valence-electron chi connectivity index (χ4n) is 4.06. The van der Waals surface area contributed by atoms with Gasteiger partial charge in [0.05, 0.1) is 12.3 Å². The topological polar surface area (TPSA) is 67.9 Å². The summed E-state index contributed by atoms with van der Waals surface area (Å²) in [5, 5.41) is 3.03. The fourth-order valence-corrected chi connectivity index (χ4v) is 4.06. The third kappa shape index (κ3) is 4.93. The van der Waals surface area contributed by atoms with Crippen LogP contribution in [0.3, 0.4) is 0 Å². The number of para-hydroxylation sites is 1. The van der Waals surface area contributed by atoms with Crippen molar-refractivity contribution in [1.82, 2.24) is 0 Å². The van der Waals surface area contributed by atoms with Gasteiger partial charge in [0.2, 0.25) is 5.91 Å². The standard InChI is InChI=1S/C24H28N2O4/c27-23-17-30-22-13-12-19(25-24(28)18-8-3-1-4-9-18)16-21(22)26(23)14-7-15-29-20-10-5-2-6-11-20/h2,5-6,10-13,16,18H,1,3-4,7-9,14-15,17H2,(H,25,28). The van der Waals surface area contributed by atoms with E-state index in [9.17, 15) is 9.59 Å². The molecule has 0 saturated heterocycles. The van der Waals surface area contributed by atoms with Gasteiger partial charge in [-0.3, -0.25) is 9.59 Å². The fraction of sp³-hybridized carbons (Fsp3) is 0.417. The molecule has 0 aromatic heterocycles. The minimum Gasteiger partial charge on any atom is -0.494 e. The Morgan fingerprint density at radius 2 is 1.90 bits per heavy atom. The van der Waals surface area contributed by atoms with Gasteiger partial charge in [-0.2, -0.15) is 0 Å². The maximum absolute atomic E-state index is 12.6. The van der Waals surface area contributed by atoms with Crippen LogP contribution in [0.2, 0.25) is 0 Å². The first-order valence-electron chi connectivity index (χ1n) is 10.8. The van der Waals surface area contributed by atoms with E-state index in [0.29, 0.717) is 36.7 Å². The van der Waals surface area contributed by atoms with Crippen LogP contribution in [0.1, 0.15) is 38.5 Å². The van der Waals surface area contributed by atoms with Crippen molar-refractivity contribution >= 4 is 23.2 Å². The summed E-state index contributed by atoms with van der Waals surface area (Å²) >= 11 is 0. The SMILES string of the molecule is O=C(Nc1ccc2c(c1)N(CCCOc1ccccc1)C(=O)CO2)C1CCCCC1. The lowest BCUT2D eigenvalue weighted by atomic mass is 9.88. The highest BCUT2D eigenvalue weighted by molar-refractivity contribution is 5.99. The number of benzene rings is 2. The van der Waals surface area contributed by atoms with E-state index in [1.807, 2.05) is 48.5 Å². The molecule has 2 aromatic rings. The number of hydrogen-bond acceptors (Lipinski definition) is 4. The van der Waals surface area contributed by atoms with Gasteiger partial charge in [-0.25, -0.2) is 0 Å². The molecule has 0 atom stereocenters. The van der Waals surface area contributed by atoms with Crippen LogP contribution < -0.4 is 19.7 Å². The Balaban J connectivity index is 1.39. The van der Waals surface area contributed by atoms with Crippen LogP contribution in [0, 0.1) is 5.92 Å². The normalized spacial score (nSPS) is 16.5. The molecule has 6 heteroatoms. The van der Waals surface area contributed by atoms with Gasteiger partial charge in [0, 0.05) is 18.2 Å². The Kier molecular flexibility index (Phi) is 6.52. The van der Waals surface area contributed by atoms with E-state index in [-0.39, 0.29) is 24.3 Å². The summed E-state index contributed by atoms with van der Waals surface area (Å²) in [6, 6.07) is 15.1. The van der Waals surface area contributed by atoms with Crippen molar-refractivity contribution < 1.29 is 19.1 Å². The smallest absolute Gasteiger partial charge is 0.265 e. The first-order chi connectivity index (χ1) is 14.7. The molecule has 1 aliphatic heterocycles. The highest BCUT2D eigenvalue weighted by Gasteiger charge is 2.26. The van der Waals surface area contributed by atoms with Gasteiger partial charge in [0.25, 0.3) is 5.91 Å². The van der Waals surface area contributed by atoms with Crippen molar-refractivity contribution in [2.45, 2.75) is 38.5 Å². The Morgan fingerprint density at radius 1 is 1.10 bits per heavy atom. The number of nitrogens with one attached hydrogen (secondary N) is 1. The monoisotopic (exact) mass is 408 g/mol. The second-order valence-corrected chi connectivity index (χ2v) is 7.86. The zero-order valence-electron chi connectivity index (χ0n) is 17.1. The van der Waals surface area contributed by atoms with Gasteiger partial charge < -0.3 is 19.7 Å². The minimum atomic E-state index is -0.0852. The quantitative estimate of drug-likeness (QED) is 0.690. The Labute approximate surface area is 177 Å². The predicted molar refractivity (Wildman–Crippen MR) is 116 cm³/mol. The number of rotatable bonds is 7. The average molecular weight is 408 g/mol. The summed E-state index contributed by atoms with van der Waals surface area (Å²) < 4.78 is 11.3. The van der Waals surface area contributed by atoms with Crippen LogP contribution in [-0.4, -0.2) is 31.6 Å². The molecule has 0 unspecified atom stereocenters. The number of hydrogen-bond donors (Lipinski definition) is 1. The first kappa shape index (κ1) is 20.3. The molecule has 30 heavy (non-hydrogen) atoms. The van der Waals surface area contributed by atoms with E-state index < -0.39 is 0 Å². The number of ether oxygens (including phenoxy) is 2. The van der Waals surface area contributed by atoms with E-state index in [1.165, 1.54) is 6.42 Å². The van der Waals surface area contributed by atoms with Crippen LogP contribution in [0.5, 0.6) is 11.5 Å². The molecule has 1 N–H and O–H groups in total. The molecule has 6 nitrogen and oxygen atoms in total. The number of fused-ring (bicyclic) bond motifs is 1. The molecule has 158 valence electrons. The summed E-state index contributed by atoms with van der Waals surface area (Å²) in [7, 11) is 0. The third-order valence-electron chi connectivity index (χ3n) is 5.68. The Bertz CT molecular complexity index is 878. The molecule has 1 fully saturated rings. The van der Waals surface area contributed by atoms with Crippen LogP contribution in [0.15, 0.2) is 48.5 Å². The average Bonchev–Trinajstić information content (AvgIpc) is 2.79. The molecule has 0 spiro atoms. The van der Waals surface area contributed by atoms with Gasteiger partial charge in [-0.15, -0.1) is 0 Å². The lowest BCUT2D eigenvalue weighted by Crippen LogP contribution is -2.40. The summed E-state index contributed by atoms with van der Waals surface area (Å²) in [6.07, 6.45) is 6.04. The van der Waals surface area contributed by atoms with Crippen molar-refractivity contribution in [3.63, 3.8) is 0 Å². The Hall–Kier alpha value is -3.02. The largest absolute Gasteiger partial charge is 0.494 e. The molecule has 0 bridgehead atoms. The number of anilines is 2. The lowest BCUT2D eigenvalue weighted by Gasteiger charge is -2.30. The van der Waals surface area contributed by atoms with Gasteiger partial charge in [0.15, 0.2) is 6.61 Å². The van der Waals surface area contributed by atoms with Crippen molar-refractivity contribution in [1.29, 1.82) is 0 Å². The second kappa shape index (κ2) is 9.65. The van der Waals surface area contributed by atoms with Gasteiger partial charge in [-0.05, 0) is 49.6 Å². The molecule has 2 amide bonds. The van der Waals surface area contributed by atoms with Crippen molar-refractivity contribution in [2.24, 2.45) is 5.92 Å². The molecule has 4 rings (SSSR count). The molecule has 1 heterocycles. The lowest BCUT2D eigenvalue weighted by molar-refractivity contribution is -0.121.